The predicted molar refractivity (Wildman–Crippen MR) is 117 cm³/mol. The number of benzene rings is 2. The lowest BCUT2D eigenvalue weighted by Gasteiger charge is -2.30. The molecule has 7 nitrogen and oxygen atoms in total. The summed E-state index contributed by atoms with van der Waals surface area (Å²) in [5, 5.41) is 4.07. The van der Waals surface area contributed by atoms with Gasteiger partial charge in [-0.15, -0.1) is 0 Å². The van der Waals surface area contributed by atoms with Crippen molar-refractivity contribution in [1.29, 1.82) is 0 Å². The molecule has 1 fully saturated rings. The van der Waals surface area contributed by atoms with Crippen molar-refractivity contribution < 1.29 is 17.7 Å². The van der Waals surface area contributed by atoms with E-state index in [1.807, 2.05) is 50.2 Å². The first-order chi connectivity index (χ1) is 14.9. The SMILES string of the molecule is Cc1cccc(OCCc2noc(C3CCCN(S(=O)(=O)c4ccccc4C)C3)n2)c1. The van der Waals surface area contributed by atoms with E-state index in [0.717, 1.165) is 29.7 Å². The van der Waals surface area contributed by atoms with Gasteiger partial charge in [0, 0.05) is 19.5 Å². The van der Waals surface area contributed by atoms with Gasteiger partial charge in [0.2, 0.25) is 15.9 Å². The number of rotatable bonds is 7. The number of hydrogen-bond donors (Lipinski definition) is 0. The predicted octanol–water partition coefficient (Wildman–Crippen LogP) is 3.88. The molecule has 0 bridgehead atoms. The highest BCUT2D eigenvalue weighted by Crippen LogP contribution is 2.30. The minimum absolute atomic E-state index is 0.105. The van der Waals surface area contributed by atoms with Crippen LogP contribution in [0.4, 0.5) is 0 Å². The molecule has 1 atom stereocenters. The topological polar surface area (TPSA) is 85.5 Å². The van der Waals surface area contributed by atoms with Crippen LogP contribution in [-0.4, -0.2) is 42.6 Å². The molecule has 0 spiro atoms. The van der Waals surface area contributed by atoms with Gasteiger partial charge < -0.3 is 9.26 Å². The molecule has 164 valence electrons. The van der Waals surface area contributed by atoms with E-state index < -0.39 is 10.0 Å². The van der Waals surface area contributed by atoms with Crippen LogP contribution in [0.2, 0.25) is 0 Å². The van der Waals surface area contributed by atoms with Gasteiger partial charge in [-0.1, -0.05) is 35.5 Å². The third kappa shape index (κ3) is 4.97. The molecule has 0 saturated carbocycles. The Morgan fingerprint density at radius 1 is 1.16 bits per heavy atom. The lowest BCUT2D eigenvalue weighted by atomic mass is 10.00. The Morgan fingerprint density at radius 2 is 2.00 bits per heavy atom. The molecule has 1 aliphatic heterocycles. The van der Waals surface area contributed by atoms with Gasteiger partial charge in [0.1, 0.15) is 5.75 Å². The average Bonchev–Trinajstić information content (AvgIpc) is 3.23. The van der Waals surface area contributed by atoms with Crippen LogP contribution in [0.1, 0.15) is 41.6 Å². The minimum Gasteiger partial charge on any atom is -0.493 e. The Balaban J connectivity index is 1.39. The highest BCUT2D eigenvalue weighted by Gasteiger charge is 2.33. The first-order valence-electron chi connectivity index (χ1n) is 10.5. The van der Waals surface area contributed by atoms with Gasteiger partial charge >= 0.3 is 0 Å². The summed E-state index contributed by atoms with van der Waals surface area (Å²) in [6, 6.07) is 14.9. The molecule has 0 amide bonds. The number of sulfonamides is 1. The maximum absolute atomic E-state index is 13.1. The monoisotopic (exact) mass is 441 g/mol. The number of nitrogens with zero attached hydrogens (tertiary/aromatic N) is 3. The third-order valence-corrected chi connectivity index (χ3v) is 7.54. The summed E-state index contributed by atoms with van der Waals surface area (Å²) in [5.74, 6) is 1.77. The molecule has 0 N–H and O–H groups in total. The van der Waals surface area contributed by atoms with Gasteiger partial charge in [0.15, 0.2) is 5.82 Å². The fourth-order valence-corrected chi connectivity index (χ4v) is 5.60. The summed E-state index contributed by atoms with van der Waals surface area (Å²) in [6.07, 6.45) is 2.10. The quantitative estimate of drug-likeness (QED) is 0.553. The molecule has 1 aromatic heterocycles. The van der Waals surface area contributed by atoms with Gasteiger partial charge in [-0.05, 0) is 56.0 Å². The van der Waals surface area contributed by atoms with Crippen LogP contribution in [0, 0.1) is 13.8 Å². The second-order valence-corrected chi connectivity index (χ2v) is 9.84. The van der Waals surface area contributed by atoms with Crippen LogP contribution in [0.3, 0.4) is 0 Å². The lowest BCUT2D eigenvalue weighted by molar-refractivity contribution is 0.264. The van der Waals surface area contributed by atoms with E-state index >= 15 is 0 Å². The highest BCUT2D eigenvalue weighted by atomic mass is 32.2. The van der Waals surface area contributed by atoms with Gasteiger partial charge in [-0.25, -0.2) is 8.42 Å². The Kier molecular flexibility index (Phi) is 6.38. The van der Waals surface area contributed by atoms with Crippen LogP contribution >= 0.6 is 0 Å². The third-order valence-electron chi connectivity index (χ3n) is 5.51. The highest BCUT2D eigenvalue weighted by molar-refractivity contribution is 7.89. The molecule has 2 aromatic carbocycles. The Bertz CT molecular complexity index is 1140. The maximum atomic E-state index is 13.1. The molecule has 1 saturated heterocycles. The summed E-state index contributed by atoms with van der Waals surface area (Å²) < 4.78 is 39.0. The molecule has 31 heavy (non-hydrogen) atoms. The van der Waals surface area contributed by atoms with Crippen molar-refractivity contribution in [1.82, 2.24) is 14.4 Å². The molecule has 2 heterocycles. The van der Waals surface area contributed by atoms with Crippen LogP contribution in [0.5, 0.6) is 5.75 Å². The lowest BCUT2D eigenvalue weighted by Crippen LogP contribution is -2.39. The van der Waals surface area contributed by atoms with E-state index in [4.69, 9.17) is 9.26 Å². The van der Waals surface area contributed by atoms with Crippen LogP contribution in [0.15, 0.2) is 57.9 Å². The minimum atomic E-state index is -3.55. The van der Waals surface area contributed by atoms with Gasteiger partial charge in [0.25, 0.3) is 0 Å². The molecule has 0 aliphatic carbocycles. The Labute approximate surface area is 183 Å². The van der Waals surface area contributed by atoms with Crippen molar-refractivity contribution in [2.24, 2.45) is 0 Å². The molecule has 0 radical (unpaired) electrons. The van der Waals surface area contributed by atoms with Crippen LogP contribution in [-0.2, 0) is 16.4 Å². The van der Waals surface area contributed by atoms with Crippen molar-refractivity contribution in [2.75, 3.05) is 19.7 Å². The fourth-order valence-electron chi connectivity index (χ4n) is 3.85. The van der Waals surface area contributed by atoms with E-state index in [1.165, 1.54) is 4.31 Å². The van der Waals surface area contributed by atoms with Crippen molar-refractivity contribution in [3.05, 3.63) is 71.4 Å². The number of ether oxygens (including phenoxy) is 1. The van der Waals surface area contributed by atoms with E-state index in [0.29, 0.717) is 42.7 Å². The van der Waals surface area contributed by atoms with E-state index in [-0.39, 0.29) is 5.92 Å². The van der Waals surface area contributed by atoms with Crippen molar-refractivity contribution in [3.63, 3.8) is 0 Å². The van der Waals surface area contributed by atoms with Crippen molar-refractivity contribution in [2.45, 2.75) is 43.9 Å². The normalized spacial score (nSPS) is 17.5. The zero-order chi connectivity index (χ0) is 21.8. The maximum Gasteiger partial charge on any atom is 0.243 e. The summed E-state index contributed by atoms with van der Waals surface area (Å²) in [6.45, 7) is 5.12. The van der Waals surface area contributed by atoms with Gasteiger partial charge in [-0.3, -0.25) is 0 Å². The molecule has 4 rings (SSSR count). The van der Waals surface area contributed by atoms with Crippen LogP contribution < -0.4 is 4.74 Å². The molecule has 3 aromatic rings. The van der Waals surface area contributed by atoms with Crippen molar-refractivity contribution in [3.8, 4) is 5.75 Å². The Hall–Kier alpha value is -2.71. The zero-order valence-electron chi connectivity index (χ0n) is 17.8. The van der Waals surface area contributed by atoms with Crippen LogP contribution in [0.25, 0.3) is 0 Å². The largest absolute Gasteiger partial charge is 0.493 e. The zero-order valence-corrected chi connectivity index (χ0v) is 18.6. The van der Waals surface area contributed by atoms with E-state index in [2.05, 4.69) is 10.1 Å². The van der Waals surface area contributed by atoms with Gasteiger partial charge in [0.05, 0.1) is 17.4 Å². The van der Waals surface area contributed by atoms with Gasteiger partial charge in [-0.2, -0.15) is 9.29 Å². The molecule has 8 heteroatoms. The standard InChI is InChI=1S/C23H27N3O4S/c1-17-7-5-10-20(15-17)29-14-12-22-24-23(30-25-22)19-9-6-13-26(16-19)31(27,28)21-11-4-3-8-18(21)2/h3-5,7-8,10-11,15,19H,6,9,12-14,16H2,1-2H3. The summed E-state index contributed by atoms with van der Waals surface area (Å²) >= 11 is 0. The average molecular weight is 442 g/mol. The number of aromatic nitrogens is 2. The number of piperidine rings is 1. The number of aryl methyl sites for hydroxylation is 2. The second-order valence-electron chi connectivity index (χ2n) is 7.93. The first-order valence-corrected chi connectivity index (χ1v) is 12.0. The summed E-state index contributed by atoms with van der Waals surface area (Å²) in [4.78, 5) is 4.87. The molecule has 1 aliphatic rings. The molecule has 1 unspecified atom stereocenters. The van der Waals surface area contributed by atoms with E-state index in [1.54, 1.807) is 12.1 Å². The Morgan fingerprint density at radius 3 is 2.81 bits per heavy atom. The summed E-state index contributed by atoms with van der Waals surface area (Å²) in [7, 11) is -3.55. The molecular weight excluding hydrogens is 414 g/mol. The second kappa shape index (κ2) is 9.20. The first kappa shape index (κ1) is 21.5. The van der Waals surface area contributed by atoms with Crippen molar-refractivity contribution >= 4 is 10.0 Å². The fraction of sp³-hybridized carbons (Fsp3) is 0.391. The molecular formula is C23H27N3O4S. The number of hydrogen-bond acceptors (Lipinski definition) is 6. The summed E-state index contributed by atoms with van der Waals surface area (Å²) in [5.41, 5.74) is 1.89. The van der Waals surface area contributed by atoms with E-state index in [9.17, 15) is 8.42 Å². The smallest absolute Gasteiger partial charge is 0.243 e.